The zero-order valence-electron chi connectivity index (χ0n) is 18.4. The lowest BCUT2D eigenvalue weighted by Crippen LogP contribution is -2.15. The third kappa shape index (κ3) is 6.10. The highest BCUT2D eigenvalue weighted by molar-refractivity contribution is 5.34. The van der Waals surface area contributed by atoms with E-state index < -0.39 is 0 Å². The molecule has 0 aliphatic heterocycles. The number of rotatable bonds is 8. The second kappa shape index (κ2) is 10.7. The van der Waals surface area contributed by atoms with Crippen LogP contribution in [0.15, 0.2) is 18.2 Å². The first kappa shape index (κ1) is 20.9. The molecule has 0 heteroatoms. The van der Waals surface area contributed by atoms with E-state index in [1.807, 2.05) is 0 Å². The molecule has 0 atom stereocenters. The normalized spacial score (nSPS) is 29.0. The Morgan fingerprint density at radius 2 is 1.22 bits per heavy atom. The summed E-state index contributed by atoms with van der Waals surface area (Å²) in [5.41, 5.74) is 4.82. The van der Waals surface area contributed by atoms with Gasteiger partial charge in [-0.15, -0.1) is 0 Å². The highest BCUT2D eigenvalue weighted by Crippen LogP contribution is 2.39. The van der Waals surface area contributed by atoms with Crippen LogP contribution in [-0.4, -0.2) is 0 Å². The van der Waals surface area contributed by atoms with Gasteiger partial charge in [-0.05, 0) is 85.8 Å². The van der Waals surface area contributed by atoms with E-state index in [0.717, 1.165) is 23.7 Å². The Labute approximate surface area is 169 Å². The minimum atomic E-state index is 0.834. The lowest BCUT2D eigenvalue weighted by atomic mass is 9.76. The third-order valence-electron chi connectivity index (χ3n) is 7.82. The molecule has 2 aliphatic carbocycles. The molecule has 2 fully saturated rings. The van der Waals surface area contributed by atoms with Crippen LogP contribution in [0, 0.1) is 24.7 Å². The predicted molar refractivity (Wildman–Crippen MR) is 119 cm³/mol. The van der Waals surface area contributed by atoms with E-state index in [9.17, 15) is 0 Å². The smallest absolute Gasteiger partial charge is 0.0159 e. The average molecular weight is 369 g/mol. The first-order valence-electron chi connectivity index (χ1n) is 12.3. The highest BCUT2D eigenvalue weighted by atomic mass is 14.3. The van der Waals surface area contributed by atoms with Crippen molar-refractivity contribution in [3.05, 3.63) is 34.9 Å². The molecule has 0 heterocycles. The fourth-order valence-electron chi connectivity index (χ4n) is 6.11. The quantitative estimate of drug-likeness (QED) is 0.431. The Bertz CT molecular complexity index is 541. The Morgan fingerprint density at radius 3 is 1.74 bits per heavy atom. The summed E-state index contributed by atoms with van der Waals surface area (Å²) >= 11 is 0. The summed E-state index contributed by atoms with van der Waals surface area (Å²) in [6.45, 7) is 7.05. The predicted octanol–water partition coefficient (Wildman–Crippen LogP) is 8.61. The fourth-order valence-corrected chi connectivity index (χ4v) is 6.11. The van der Waals surface area contributed by atoms with Crippen molar-refractivity contribution in [3.63, 3.8) is 0 Å². The van der Waals surface area contributed by atoms with Crippen LogP contribution in [0.5, 0.6) is 0 Å². The standard InChI is InChI=1S/C27H44/c1-4-6-22-8-10-24(11-9-22)12-13-25-16-19-27(21(3)20-25)26-17-14-23(7-5-2)15-18-26/h16,19-20,22-24,26H,4-15,17-18H2,1-3H3. The van der Waals surface area contributed by atoms with Gasteiger partial charge < -0.3 is 0 Å². The van der Waals surface area contributed by atoms with E-state index in [1.165, 1.54) is 89.9 Å². The monoisotopic (exact) mass is 368 g/mol. The molecule has 0 aromatic heterocycles. The van der Waals surface area contributed by atoms with Crippen molar-refractivity contribution < 1.29 is 0 Å². The van der Waals surface area contributed by atoms with Gasteiger partial charge in [0, 0.05) is 0 Å². The molecule has 152 valence electrons. The van der Waals surface area contributed by atoms with E-state index in [1.54, 1.807) is 16.7 Å². The molecule has 0 spiro atoms. The lowest BCUT2D eigenvalue weighted by Gasteiger charge is -2.30. The second-order valence-corrected chi connectivity index (χ2v) is 9.91. The van der Waals surface area contributed by atoms with Crippen LogP contribution in [0.1, 0.15) is 120 Å². The molecule has 0 N–H and O–H groups in total. The van der Waals surface area contributed by atoms with Crippen LogP contribution in [0.2, 0.25) is 0 Å². The van der Waals surface area contributed by atoms with Gasteiger partial charge in [0.2, 0.25) is 0 Å². The number of aryl methyl sites for hydroxylation is 2. The molecule has 2 saturated carbocycles. The fraction of sp³-hybridized carbons (Fsp3) is 0.778. The van der Waals surface area contributed by atoms with E-state index in [0.29, 0.717) is 0 Å². The van der Waals surface area contributed by atoms with Crippen LogP contribution >= 0.6 is 0 Å². The molecule has 0 amide bonds. The van der Waals surface area contributed by atoms with Gasteiger partial charge in [-0.25, -0.2) is 0 Å². The molecule has 0 unspecified atom stereocenters. The van der Waals surface area contributed by atoms with Gasteiger partial charge >= 0.3 is 0 Å². The number of hydrogen-bond donors (Lipinski definition) is 0. The minimum Gasteiger partial charge on any atom is -0.0654 e. The van der Waals surface area contributed by atoms with Crippen molar-refractivity contribution in [3.8, 4) is 0 Å². The summed E-state index contributed by atoms with van der Waals surface area (Å²) in [5, 5.41) is 0. The van der Waals surface area contributed by atoms with Gasteiger partial charge in [0.1, 0.15) is 0 Å². The maximum Gasteiger partial charge on any atom is -0.0159 e. The van der Waals surface area contributed by atoms with Gasteiger partial charge in [0.15, 0.2) is 0 Å². The van der Waals surface area contributed by atoms with Crippen molar-refractivity contribution in [2.75, 3.05) is 0 Å². The molecule has 0 nitrogen and oxygen atoms in total. The number of hydrogen-bond acceptors (Lipinski definition) is 0. The second-order valence-electron chi connectivity index (χ2n) is 9.91. The van der Waals surface area contributed by atoms with Gasteiger partial charge in [0.05, 0.1) is 0 Å². The molecule has 0 radical (unpaired) electrons. The van der Waals surface area contributed by atoms with Gasteiger partial charge in [-0.2, -0.15) is 0 Å². The Kier molecular flexibility index (Phi) is 8.28. The van der Waals surface area contributed by atoms with Crippen molar-refractivity contribution in [2.45, 2.75) is 117 Å². The highest BCUT2D eigenvalue weighted by Gasteiger charge is 2.23. The van der Waals surface area contributed by atoms with Crippen molar-refractivity contribution >= 4 is 0 Å². The maximum atomic E-state index is 2.52. The first-order valence-corrected chi connectivity index (χ1v) is 12.3. The van der Waals surface area contributed by atoms with Crippen LogP contribution in [0.4, 0.5) is 0 Å². The maximum absolute atomic E-state index is 2.52. The van der Waals surface area contributed by atoms with E-state index in [2.05, 4.69) is 39.0 Å². The molecule has 1 aromatic rings. The SMILES string of the molecule is CCCC1CCC(CCc2ccc(C3CCC(CCC)CC3)c(C)c2)CC1. The largest absolute Gasteiger partial charge is 0.0654 e. The Balaban J connectivity index is 1.46. The van der Waals surface area contributed by atoms with Gasteiger partial charge in [0.25, 0.3) is 0 Å². The summed E-state index contributed by atoms with van der Waals surface area (Å²) in [5.74, 6) is 3.88. The van der Waals surface area contributed by atoms with Crippen molar-refractivity contribution in [1.29, 1.82) is 0 Å². The molecule has 1 aromatic carbocycles. The zero-order valence-corrected chi connectivity index (χ0v) is 18.4. The van der Waals surface area contributed by atoms with Gasteiger partial charge in [-0.3, -0.25) is 0 Å². The zero-order chi connectivity index (χ0) is 19.1. The van der Waals surface area contributed by atoms with Crippen LogP contribution < -0.4 is 0 Å². The third-order valence-corrected chi connectivity index (χ3v) is 7.82. The van der Waals surface area contributed by atoms with E-state index in [-0.39, 0.29) is 0 Å². The molecule has 0 bridgehead atoms. The van der Waals surface area contributed by atoms with Crippen LogP contribution in [0.3, 0.4) is 0 Å². The van der Waals surface area contributed by atoms with E-state index >= 15 is 0 Å². The molecule has 27 heavy (non-hydrogen) atoms. The first-order chi connectivity index (χ1) is 13.2. The summed E-state index contributed by atoms with van der Waals surface area (Å²) in [7, 11) is 0. The topological polar surface area (TPSA) is 0 Å². The molecule has 2 aliphatic rings. The average Bonchev–Trinajstić information content (AvgIpc) is 2.69. The summed E-state index contributed by atoms with van der Waals surface area (Å²) in [4.78, 5) is 0. The lowest BCUT2D eigenvalue weighted by molar-refractivity contribution is 0.252. The Morgan fingerprint density at radius 1 is 0.704 bits per heavy atom. The van der Waals surface area contributed by atoms with E-state index in [4.69, 9.17) is 0 Å². The van der Waals surface area contributed by atoms with Crippen LogP contribution in [-0.2, 0) is 6.42 Å². The van der Waals surface area contributed by atoms with Crippen LogP contribution in [0.25, 0.3) is 0 Å². The van der Waals surface area contributed by atoms with Gasteiger partial charge in [-0.1, -0.05) is 83.4 Å². The molecular weight excluding hydrogens is 324 g/mol. The number of benzene rings is 1. The minimum absolute atomic E-state index is 0.834. The molecule has 3 rings (SSSR count). The summed E-state index contributed by atoms with van der Waals surface area (Å²) in [6, 6.07) is 7.48. The summed E-state index contributed by atoms with van der Waals surface area (Å²) < 4.78 is 0. The van der Waals surface area contributed by atoms with Crippen molar-refractivity contribution in [2.24, 2.45) is 17.8 Å². The molecule has 0 saturated heterocycles. The van der Waals surface area contributed by atoms with Crippen molar-refractivity contribution in [1.82, 2.24) is 0 Å². The Hall–Kier alpha value is -0.780. The molecular formula is C27H44. The summed E-state index contributed by atoms with van der Waals surface area (Å²) in [6.07, 6.45) is 20.1.